The van der Waals surface area contributed by atoms with Gasteiger partial charge in [-0.15, -0.1) is 0 Å². The first-order valence-electron chi connectivity index (χ1n) is 16.8. The van der Waals surface area contributed by atoms with Crippen LogP contribution in [0.15, 0.2) is 72.8 Å². The molecule has 5 rings (SSSR count). The lowest BCUT2D eigenvalue weighted by Crippen LogP contribution is -2.07. The van der Waals surface area contributed by atoms with Gasteiger partial charge in [0.15, 0.2) is 0 Å². The van der Waals surface area contributed by atoms with Crippen LogP contribution in [-0.4, -0.2) is 53.0 Å². The van der Waals surface area contributed by atoms with Crippen molar-refractivity contribution in [2.24, 2.45) is 0 Å². The maximum absolute atomic E-state index is 13.2. The number of carbonyl (C=O) groups excluding carboxylic acids is 4. The second-order valence-electron chi connectivity index (χ2n) is 12.3. The SMILES string of the molecule is COC(=O)CCc1c(Cc2ccc(Cc3[nH]c(C(=O)OCc4ccccc4)c(C)c3CCC(=O)OC)[nH]2)[nH]c(C(=O)OCc2ccccc2)c1C. The number of esters is 4. The van der Waals surface area contributed by atoms with E-state index in [0.717, 1.165) is 56.2 Å². The molecule has 0 unspecified atom stereocenters. The first-order chi connectivity index (χ1) is 24.7. The number of methoxy groups -OCH3 is 2. The first kappa shape index (κ1) is 36.4. The van der Waals surface area contributed by atoms with Crippen LogP contribution in [0.25, 0.3) is 0 Å². The number of carbonyl (C=O) groups is 4. The van der Waals surface area contributed by atoms with Gasteiger partial charge < -0.3 is 33.9 Å². The summed E-state index contributed by atoms with van der Waals surface area (Å²) < 4.78 is 21.0. The number of H-pyrrole nitrogens is 3. The molecule has 0 aliphatic carbocycles. The third-order valence-electron chi connectivity index (χ3n) is 8.92. The smallest absolute Gasteiger partial charge is 0.355 e. The zero-order chi connectivity index (χ0) is 36.3. The second kappa shape index (κ2) is 17.2. The molecule has 0 atom stereocenters. The molecule has 5 aromatic rings. The van der Waals surface area contributed by atoms with Crippen molar-refractivity contribution in [1.29, 1.82) is 0 Å². The Balaban J connectivity index is 1.35. The zero-order valence-electron chi connectivity index (χ0n) is 29.4. The van der Waals surface area contributed by atoms with E-state index in [1.54, 1.807) is 0 Å². The summed E-state index contributed by atoms with van der Waals surface area (Å²) in [6.07, 6.45) is 1.95. The Labute approximate surface area is 296 Å². The minimum absolute atomic E-state index is 0.136. The highest BCUT2D eigenvalue weighted by Crippen LogP contribution is 2.27. The zero-order valence-corrected chi connectivity index (χ0v) is 29.4. The van der Waals surface area contributed by atoms with Crippen molar-refractivity contribution in [2.75, 3.05) is 14.2 Å². The highest BCUT2D eigenvalue weighted by molar-refractivity contribution is 5.90. The van der Waals surface area contributed by atoms with E-state index >= 15 is 0 Å². The van der Waals surface area contributed by atoms with Crippen molar-refractivity contribution in [3.8, 4) is 0 Å². The Kier molecular flexibility index (Phi) is 12.3. The van der Waals surface area contributed by atoms with E-state index in [0.29, 0.717) is 37.1 Å². The van der Waals surface area contributed by atoms with Crippen LogP contribution >= 0.6 is 0 Å². The average molecular weight is 694 g/mol. The van der Waals surface area contributed by atoms with Gasteiger partial charge in [-0.1, -0.05) is 60.7 Å². The molecule has 0 aliphatic rings. The van der Waals surface area contributed by atoms with Gasteiger partial charge in [0.25, 0.3) is 0 Å². The van der Waals surface area contributed by atoms with E-state index in [-0.39, 0.29) is 38.0 Å². The monoisotopic (exact) mass is 693 g/mol. The molecule has 2 aromatic carbocycles. The molecule has 0 amide bonds. The van der Waals surface area contributed by atoms with Crippen LogP contribution in [0.1, 0.15) is 90.0 Å². The fraction of sp³-hybridized carbons (Fsp3) is 0.300. The molecule has 3 aromatic heterocycles. The third-order valence-corrected chi connectivity index (χ3v) is 8.92. The fourth-order valence-electron chi connectivity index (χ4n) is 6.11. The van der Waals surface area contributed by atoms with E-state index in [1.807, 2.05) is 86.6 Å². The van der Waals surface area contributed by atoms with Crippen molar-refractivity contribution in [1.82, 2.24) is 15.0 Å². The maximum Gasteiger partial charge on any atom is 0.355 e. The summed E-state index contributed by atoms with van der Waals surface area (Å²) in [5, 5.41) is 0. The van der Waals surface area contributed by atoms with Crippen LogP contribution in [0.4, 0.5) is 0 Å². The normalized spacial score (nSPS) is 10.9. The van der Waals surface area contributed by atoms with Gasteiger partial charge in [-0.25, -0.2) is 9.59 Å². The average Bonchev–Trinajstić information content (AvgIpc) is 3.82. The lowest BCUT2D eigenvalue weighted by molar-refractivity contribution is -0.141. The van der Waals surface area contributed by atoms with Crippen LogP contribution in [0.5, 0.6) is 0 Å². The van der Waals surface area contributed by atoms with Gasteiger partial charge in [-0.05, 0) is 72.2 Å². The molecule has 0 saturated carbocycles. The molecule has 3 N–H and O–H groups in total. The Morgan fingerprint density at radius 3 is 1.31 bits per heavy atom. The topological polar surface area (TPSA) is 153 Å². The summed E-state index contributed by atoms with van der Waals surface area (Å²) >= 11 is 0. The Bertz CT molecular complexity index is 1830. The largest absolute Gasteiger partial charge is 0.469 e. The molecular formula is C40H43N3O8. The summed E-state index contributed by atoms with van der Waals surface area (Å²) in [4.78, 5) is 60.5. The predicted octanol–water partition coefficient (Wildman–Crippen LogP) is 6.39. The van der Waals surface area contributed by atoms with E-state index in [1.165, 1.54) is 14.2 Å². The molecule has 0 saturated heterocycles. The van der Waals surface area contributed by atoms with Gasteiger partial charge in [0, 0.05) is 48.5 Å². The number of hydrogen-bond donors (Lipinski definition) is 3. The summed E-state index contributed by atoms with van der Waals surface area (Å²) in [6, 6.07) is 22.8. The lowest BCUT2D eigenvalue weighted by atomic mass is 10.0. The summed E-state index contributed by atoms with van der Waals surface area (Å²) in [6.45, 7) is 3.96. The van der Waals surface area contributed by atoms with Crippen LogP contribution < -0.4 is 0 Å². The fourth-order valence-corrected chi connectivity index (χ4v) is 6.11. The standard InChI is InChI=1S/C40H43N3O8/c1-25-31(17-19-35(44)48-3)33(42-37(25)39(46)50-23-27-11-7-5-8-12-27)21-29-15-16-30(41-29)22-34-32(18-20-36(45)49-4)26(2)38(43-34)40(47)51-24-28-13-9-6-10-14-28/h5-16,41-43H,17-24H2,1-4H3. The molecule has 0 bridgehead atoms. The molecule has 0 radical (unpaired) electrons. The number of rotatable bonds is 16. The van der Waals surface area contributed by atoms with Gasteiger partial charge in [0.2, 0.25) is 0 Å². The first-order valence-corrected chi connectivity index (χ1v) is 16.8. The minimum Gasteiger partial charge on any atom is -0.469 e. The molecule has 266 valence electrons. The highest BCUT2D eigenvalue weighted by atomic mass is 16.5. The van der Waals surface area contributed by atoms with Gasteiger partial charge in [0.05, 0.1) is 14.2 Å². The van der Waals surface area contributed by atoms with Crippen molar-refractivity contribution < 1.29 is 38.1 Å². The van der Waals surface area contributed by atoms with Crippen molar-refractivity contribution >= 4 is 23.9 Å². The number of ether oxygens (including phenoxy) is 4. The summed E-state index contributed by atoms with van der Waals surface area (Å²) in [7, 11) is 2.70. The van der Waals surface area contributed by atoms with E-state index in [2.05, 4.69) is 15.0 Å². The number of aromatic amines is 3. The Morgan fingerprint density at radius 1 is 0.549 bits per heavy atom. The number of hydrogen-bond acceptors (Lipinski definition) is 8. The van der Waals surface area contributed by atoms with Gasteiger partial charge >= 0.3 is 23.9 Å². The highest BCUT2D eigenvalue weighted by Gasteiger charge is 2.24. The third kappa shape index (κ3) is 9.45. The van der Waals surface area contributed by atoms with Crippen LogP contribution in [0, 0.1) is 13.8 Å². The molecular weight excluding hydrogens is 650 g/mol. The molecule has 11 nitrogen and oxygen atoms in total. The minimum atomic E-state index is -0.478. The maximum atomic E-state index is 13.2. The van der Waals surface area contributed by atoms with Crippen LogP contribution in [0.3, 0.4) is 0 Å². The number of nitrogens with one attached hydrogen (secondary N) is 3. The summed E-state index contributed by atoms with van der Waals surface area (Å²) in [5.41, 5.74) is 8.91. The molecule has 0 aliphatic heterocycles. The van der Waals surface area contributed by atoms with Crippen LogP contribution in [-0.2, 0) is 67.4 Å². The predicted molar refractivity (Wildman–Crippen MR) is 189 cm³/mol. The van der Waals surface area contributed by atoms with E-state index < -0.39 is 11.9 Å². The molecule has 3 heterocycles. The number of benzene rings is 2. The summed E-state index contributed by atoms with van der Waals surface area (Å²) in [5.74, 6) is -1.64. The number of aromatic nitrogens is 3. The molecule has 11 heteroatoms. The van der Waals surface area contributed by atoms with Crippen molar-refractivity contribution in [3.05, 3.63) is 140 Å². The Hall–Kier alpha value is -5.84. The van der Waals surface area contributed by atoms with Crippen LogP contribution in [0.2, 0.25) is 0 Å². The van der Waals surface area contributed by atoms with Gasteiger partial charge in [-0.3, -0.25) is 9.59 Å². The Morgan fingerprint density at radius 2 is 0.941 bits per heavy atom. The quantitative estimate of drug-likeness (QED) is 0.0794. The lowest BCUT2D eigenvalue weighted by Gasteiger charge is -2.06. The van der Waals surface area contributed by atoms with Gasteiger partial charge in [-0.2, -0.15) is 0 Å². The van der Waals surface area contributed by atoms with Crippen molar-refractivity contribution in [3.63, 3.8) is 0 Å². The molecule has 51 heavy (non-hydrogen) atoms. The van der Waals surface area contributed by atoms with Crippen molar-refractivity contribution in [2.45, 2.75) is 65.6 Å². The van der Waals surface area contributed by atoms with E-state index in [4.69, 9.17) is 18.9 Å². The molecule has 0 spiro atoms. The second-order valence-corrected chi connectivity index (χ2v) is 12.3. The van der Waals surface area contributed by atoms with E-state index in [9.17, 15) is 19.2 Å². The van der Waals surface area contributed by atoms with Gasteiger partial charge in [0.1, 0.15) is 24.6 Å². The molecule has 0 fully saturated rings.